The Morgan fingerprint density at radius 3 is 2.88 bits per heavy atom. The lowest BCUT2D eigenvalue weighted by Gasteiger charge is -2.38. The predicted octanol–water partition coefficient (Wildman–Crippen LogP) is 3.20. The van der Waals surface area contributed by atoms with Crippen molar-refractivity contribution < 1.29 is 0 Å². The molecule has 0 atom stereocenters. The number of thioether (sulfide) groups is 1. The Labute approximate surface area is 116 Å². The van der Waals surface area contributed by atoms with Crippen molar-refractivity contribution >= 4 is 40.8 Å². The van der Waals surface area contributed by atoms with Crippen molar-refractivity contribution in [1.29, 1.82) is 0 Å². The first-order valence-corrected chi connectivity index (χ1v) is 7.37. The summed E-state index contributed by atoms with van der Waals surface area (Å²) in [7, 11) is 0. The van der Waals surface area contributed by atoms with Gasteiger partial charge in [0.2, 0.25) is 0 Å². The van der Waals surface area contributed by atoms with E-state index >= 15 is 0 Å². The summed E-state index contributed by atoms with van der Waals surface area (Å²) in [6.07, 6.45) is 1.50. The Balaban J connectivity index is 2.30. The molecule has 0 unspecified atom stereocenters. The van der Waals surface area contributed by atoms with Crippen LogP contribution in [0, 0.1) is 0 Å². The highest BCUT2D eigenvalue weighted by atomic mass is 35.5. The molecule has 1 fully saturated rings. The zero-order valence-corrected chi connectivity index (χ0v) is 12.2. The van der Waals surface area contributed by atoms with Crippen LogP contribution in [0.1, 0.15) is 19.4 Å². The molecule has 0 aliphatic carbocycles. The molecule has 1 aliphatic heterocycles. The zero-order valence-electron chi connectivity index (χ0n) is 9.91. The Morgan fingerprint density at radius 2 is 2.24 bits per heavy atom. The topological polar surface area (TPSA) is 29.0 Å². The van der Waals surface area contributed by atoms with Crippen LogP contribution in [0.2, 0.25) is 5.15 Å². The van der Waals surface area contributed by atoms with Gasteiger partial charge in [-0.15, -0.1) is 11.6 Å². The molecule has 2 rings (SSSR count). The van der Waals surface area contributed by atoms with E-state index in [1.54, 1.807) is 0 Å². The lowest BCUT2D eigenvalue weighted by atomic mass is 10.1. The molecule has 2 heterocycles. The van der Waals surface area contributed by atoms with Crippen molar-refractivity contribution in [1.82, 2.24) is 9.97 Å². The quantitative estimate of drug-likeness (QED) is 0.618. The number of hydrogen-bond acceptors (Lipinski definition) is 4. The number of nitrogens with zero attached hydrogens (tertiary/aromatic N) is 3. The Morgan fingerprint density at radius 1 is 1.47 bits per heavy atom. The number of rotatable bonds is 2. The second-order valence-electron chi connectivity index (χ2n) is 4.63. The van der Waals surface area contributed by atoms with Gasteiger partial charge in [-0.3, -0.25) is 0 Å². The third kappa shape index (κ3) is 2.98. The van der Waals surface area contributed by atoms with Crippen LogP contribution in [-0.2, 0) is 5.88 Å². The second-order valence-corrected chi connectivity index (χ2v) is 7.06. The highest BCUT2D eigenvalue weighted by Gasteiger charge is 2.29. The third-order valence-corrected chi connectivity index (χ3v) is 4.62. The Hall–Kier alpha value is -0.190. The number of hydrogen-bond donors (Lipinski definition) is 0. The molecule has 94 valence electrons. The first kappa shape index (κ1) is 13.2. The van der Waals surface area contributed by atoms with Gasteiger partial charge in [-0.25, -0.2) is 9.97 Å². The van der Waals surface area contributed by atoms with Crippen molar-refractivity contribution in [2.24, 2.45) is 0 Å². The molecule has 17 heavy (non-hydrogen) atoms. The lowest BCUT2D eigenvalue weighted by Crippen LogP contribution is -2.44. The van der Waals surface area contributed by atoms with E-state index in [9.17, 15) is 0 Å². The van der Waals surface area contributed by atoms with Crippen LogP contribution in [0.3, 0.4) is 0 Å². The summed E-state index contributed by atoms with van der Waals surface area (Å²) < 4.78 is 0.235. The maximum Gasteiger partial charge on any atom is 0.138 e. The third-order valence-electron chi connectivity index (χ3n) is 2.73. The van der Waals surface area contributed by atoms with E-state index in [-0.39, 0.29) is 4.75 Å². The maximum atomic E-state index is 6.05. The van der Waals surface area contributed by atoms with E-state index in [4.69, 9.17) is 23.2 Å². The minimum absolute atomic E-state index is 0.235. The standard InChI is InChI=1S/C11H15Cl2N3S/c1-11(2)6-16(3-4-17-11)10-8(5-12)9(13)14-7-15-10/h7H,3-6H2,1-2H3. The van der Waals surface area contributed by atoms with E-state index < -0.39 is 0 Å². The summed E-state index contributed by atoms with van der Waals surface area (Å²) in [6.45, 7) is 6.42. The molecule has 0 N–H and O–H groups in total. The highest BCUT2D eigenvalue weighted by molar-refractivity contribution is 8.00. The number of aromatic nitrogens is 2. The highest BCUT2D eigenvalue weighted by Crippen LogP contribution is 2.34. The normalized spacial score (nSPS) is 19.4. The predicted molar refractivity (Wildman–Crippen MR) is 75.3 cm³/mol. The van der Waals surface area contributed by atoms with Crippen molar-refractivity contribution in [3.63, 3.8) is 0 Å². The lowest BCUT2D eigenvalue weighted by molar-refractivity contribution is 0.640. The summed E-state index contributed by atoms with van der Waals surface area (Å²) in [4.78, 5) is 10.6. The molecular formula is C11H15Cl2N3S. The van der Waals surface area contributed by atoms with E-state index in [1.165, 1.54) is 6.33 Å². The molecule has 0 spiro atoms. The molecule has 0 aromatic carbocycles. The van der Waals surface area contributed by atoms with Gasteiger partial charge in [0.25, 0.3) is 0 Å². The fraction of sp³-hybridized carbons (Fsp3) is 0.636. The zero-order chi connectivity index (χ0) is 12.5. The number of halogens is 2. The molecule has 0 saturated carbocycles. The van der Waals surface area contributed by atoms with Gasteiger partial charge in [0, 0.05) is 29.2 Å². The molecular weight excluding hydrogens is 277 g/mol. The van der Waals surface area contributed by atoms with Gasteiger partial charge in [0.1, 0.15) is 17.3 Å². The van der Waals surface area contributed by atoms with Crippen LogP contribution in [0.15, 0.2) is 6.33 Å². The SMILES string of the molecule is CC1(C)CN(c2ncnc(Cl)c2CCl)CCS1. The summed E-state index contributed by atoms with van der Waals surface area (Å²) in [5, 5.41) is 0.459. The van der Waals surface area contributed by atoms with Crippen LogP contribution in [0.5, 0.6) is 0 Å². The second kappa shape index (κ2) is 5.21. The van der Waals surface area contributed by atoms with Gasteiger partial charge < -0.3 is 4.90 Å². The van der Waals surface area contributed by atoms with E-state index in [2.05, 4.69) is 28.7 Å². The first-order valence-electron chi connectivity index (χ1n) is 5.48. The fourth-order valence-corrected chi connectivity index (χ4v) is 3.59. The molecule has 0 amide bonds. The van der Waals surface area contributed by atoms with Gasteiger partial charge in [-0.2, -0.15) is 11.8 Å². The summed E-state index contributed by atoms with van der Waals surface area (Å²) in [5.41, 5.74) is 0.832. The van der Waals surface area contributed by atoms with Gasteiger partial charge in [0.05, 0.1) is 5.88 Å². The molecule has 1 aliphatic rings. The molecule has 3 nitrogen and oxygen atoms in total. The van der Waals surface area contributed by atoms with E-state index in [0.717, 1.165) is 30.2 Å². The van der Waals surface area contributed by atoms with Gasteiger partial charge in [-0.1, -0.05) is 11.6 Å². The minimum atomic E-state index is 0.235. The van der Waals surface area contributed by atoms with Crippen LogP contribution >= 0.6 is 35.0 Å². The average molecular weight is 292 g/mol. The number of alkyl halides is 1. The van der Waals surface area contributed by atoms with Crippen LogP contribution < -0.4 is 4.90 Å². The van der Waals surface area contributed by atoms with Gasteiger partial charge >= 0.3 is 0 Å². The van der Waals surface area contributed by atoms with Crippen LogP contribution in [0.25, 0.3) is 0 Å². The fourth-order valence-electron chi connectivity index (χ4n) is 1.97. The molecule has 1 aromatic rings. The first-order chi connectivity index (χ1) is 8.03. The monoisotopic (exact) mass is 291 g/mol. The molecule has 1 aromatic heterocycles. The van der Waals surface area contributed by atoms with Gasteiger partial charge in [0.15, 0.2) is 0 Å². The average Bonchev–Trinajstić information content (AvgIpc) is 2.27. The Bertz CT molecular complexity index is 412. The van der Waals surface area contributed by atoms with Gasteiger partial charge in [-0.05, 0) is 13.8 Å². The van der Waals surface area contributed by atoms with Crippen molar-refractivity contribution in [2.75, 3.05) is 23.7 Å². The molecule has 6 heteroatoms. The summed E-state index contributed by atoms with van der Waals surface area (Å²) in [5.74, 6) is 2.32. The van der Waals surface area contributed by atoms with Crippen molar-refractivity contribution in [3.8, 4) is 0 Å². The smallest absolute Gasteiger partial charge is 0.138 e. The van der Waals surface area contributed by atoms with E-state index in [0.29, 0.717) is 11.0 Å². The Kier molecular flexibility index (Phi) is 4.06. The molecule has 0 radical (unpaired) electrons. The number of anilines is 1. The van der Waals surface area contributed by atoms with Crippen molar-refractivity contribution in [3.05, 3.63) is 17.0 Å². The molecule has 0 bridgehead atoms. The van der Waals surface area contributed by atoms with E-state index in [1.807, 2.05) is 11.8 Å². The maximum absolute atomic E-state index is 6.05. The van der Waals surface area contributed by atoms with Crippen molar-refractivity contribution in [2.45, 2.75) is 24.5 Å². The largest absolute Gasteiger partial charge is 0.354 e. The minimum Gasteiger partial charge on any atom is -0.354 e. The van der Waals surface area contributed by atoms with Crippen LogP contribution in [0.4, 0.5) is 5.82 Å². The molecule has 1 saturated heterocycles. The summed E-state index contributed by atoms with van der Waals surface area (Å²) >= 11 is 14.0. The summed E-state index contributed by atoms with van der Waals surface area (Å²) in [6, 6.07) is 0. The van der Waals surface area contributed by atoms with Crippen LogP contribution in [-0.4, -0.2) is 33.6 Å².